The molecule has 0 saturated carbocycles. The third-order valence-electron chi connectivity index (χ3n) is 2.37. The lowest BCUT2D eigenvalue weighted by Gasteiger charge is -2.14. The fourth-order valence-corrected chi connectivity index (χ4v) is 1.59. The maximum absolute atomic E-state index is 11.0. The van der Waals surface area contributed by atoms with Gasteiger partial charge in [-0.25, -0.2) is 0 Å². The first-order valence-corrected chi connectivity index (χ1v) is 5.97. The largest absolute Gasteiger partial charge is 0.468 e. The van der Waals surface area contributed by atoms with Crippen molar-refractivity contribution in [1.29, 1.82) is 0 Å². The van der Waals surface area contributed by atoms with E-state index >= 15 is 0 Å². The zero-order valence-corrected chi connectivity index (χ0v) is 10.3. The van der Waals surface area contributed by atoms with Crippen LogP contribution < -0.4 is 0 Å². The minimum atomic E-state index is -0.929. The highest BCUT2D eigenvalue weighted by Gasteiger charge is 2.24. The van der Waals surface area contributed by atoms with E-state index in [1.165, 1.54) is 26.4 Å². The van der Waals surface area contributed by atoms with Crippen LogP contribution in [-0.4, -0.2) is 29.7 Å². The molecule has 0 aromatic carbocycles. The molecule has 0 spiro atoms. The zero-order chi connectivity index (χ0) is 11.7. The Kier molecular flexibility index (Phi) is 8.82. The molecule has 0 saturated heterocycles. The molecule has 0 aliphatic rings. The van der Waals surface area contributed by atoms with Crippen LogP contribution in [-0.2, 0) is 9.53 Å². The monoisotopic (exact) mass is 236 g/mol. The first-order chi connectivity index (χ1) is 7.13. The van der Waals surface area contributed by atoms with E-state index in [-0.39, 0.29) is 0 Å². The summed E-state index contributed by atoms with van der Waals surface area (Å²) in [7, 11) is 1.27. The summed E-state index contributed by atoms with van der Waals surface area (Å²) in [5.41, 5.74) is 0. The van der Waals surface area contributed by atoms with Gasteiger partial charge < -0.3 is 9.84 Å². The Labute approximate surface area is 96.8 Å². The molecule has 90 valence electrons. The van der Waals surface area contributed by atoms with Gasteiger partial charge in [0.1, 0.15) is 0 Å². The minimum absolute atomic E-state index is 0.558. The van der Waals surface area contributed by atoms with Crippen molar-refractivity contribution in [2.45, 2.75) is 56.9 Å². The predicted molar refractivity (Wildman–Crippen MR) is 61.0 cm³/mol. The normalized spacial score (nSPS) is 14.7. The summed E-state index contributed by atoms with van der Waals surface area (Å²) in [6.45, 7) is 2.15. The van der Waals surface area contributed by atoms with Gasteiger partial charge in [0.25, 0.3) is 0 Å². The second-order valence-electron chi connectivity index (χ2n) is 3.70. The molecule has 0 aliphatic heterocycles. The molecule has 0 heterocycles. The van der Waals surface area contributed by atoms with Gasteiger partial charge in [0.05, 0.1) is 13.2 Å². The van der Waals surface area contributed by atoms with Crippen LogP contribution in [0.15, 0.2) is 0 Å². The van der Waals surface area contributed by atoms with Crippen molar-refractivity contribution in [3.63, 3.8) is 0 Å². The molecular formula is C11H21ClO3. The Hall–Kier alpha value is -0.280. The lowest BCUT2D eigenvalue weighted by molar-refractivity contribution is -0.142. The number of rotatable bonds is 8. The van der Waals surface area contributed by atoms with E-state index in [9.17, 15) is 9.90 Å². The molecule has 3 nitrogen and oxygen atoms in total. The highest BCUT2D eigenvalue weighted by Crippen LogP contribution is 2.13. The Bertz CT molecular complexity index is 173. The summed E-state index contributed by atoms with van der Waals surface area (Å²) in [5, 5.41) is 8.61. The van der Waals surface area contributed by atoms with Gasteiger partial charge in [-0.1, -0.05) is 39.0 Å². The van der Waals surface area contributed by atoms with Gasteiger partial charge in [0.2, 0.25) is 0 Å². The second-order valence-corrected chi connectivity index (χ2v) is 4.17. The number of ether oxygens (including phenoxy) is 1. The van der Waals surface area contributed by atoms with Gasteiger partial charge in [0, 0.05) is 0 Å². The number of carbonyl (C=O) groups is 1. The van der Waals surface area contributed by atoms with Crippen molar-refractivity contribution in [2.24, 2.45) is 0 Å². The van der Waals surface area contributed by atoms with Crippen LogP contribution in [0.25, 0.3) is 0 Å². The Morgan fingerprint density at radius 1 is 1.33 bits per heavy atom. The van der Waals surface area contributed by atoms with Crippen molar-refractivity contribution < 1.29 is 14.6 Å². The van der Waals surface area contributed by atoms with E-state index in [0.717, 1.165) is 12.8 Å². The van der Waals surface area contributed by atoms with E-state index in [2.05, 4.69) is 11.7 Å². The smallest absolute Gasteiger partial charge is 0.326 e. The quantitative estimate of drug-likeness (QED) is 0.400. The van der Waals surface area contributed by atoms with Crippen LogP contribution in [0.5, 0.6) is 0 Å². The van der Waals surface area contributed by atoms with Crippen molar-refractivity contribution in [1.82, 2.24) is 0 Å². The molecular weight excluding hydrogens is 216 g/mol. The highest BCUT2D eigenvalue weighted by molar-refractivity contribution is 6.30. The Morgan fingerprint density at radius 3 is 2.47 bits per heavy atom. The van der Waals surface area contributed by atoms with E-state index in [1.54, 1.807) is 0 Å². The average molecular weight is 237 g/mol. The topological polar surface area (TPSA) is 46.5 Å². The number of hydrogen-bond acceptors (Lipinski definition) is 3. The van der Waals surface area contributed by atoms with Gasteiger partial charge >= 0.3 is 5.97 Å². The molecule has 0 bridgehead atoms. The third-order valence-corrected chi connectivity index (χ3v) is 2.84. The number of methoxy groups -OCH3 is 1. The number of carbonyl (C=O) groups excluding carboxylic acids is 1. The molecule has 0 aliphatic carbocycles. The van der Waals surface area contributed by atoms with Crippen molar-refractivity contribution in [2.75, 3.05) is 7.11 Å². The zero-order valence-electron chi connectivity index (χ0n) is 9.54. The van der Waals surface area contributed by atoms with E-state index in [0.29, 0.717) is 6.42 Å². The van der Waals surface area contributed by atoms with Crippen LogP contribution in [0.4, 0.5) is 0 Å². The lowest BCUT2D eigenvalue weighted by Crippen LogP contribution is -2.30. The maximum atomic E-state index is 11.0. The van der Waals surface area contributed by atoms with E-state index in [1.807, 2.05) is 0 Å². The van der Waals surface area contributed by atoms with Gasteiger partial charge in [0.15, 0.2) is 5.38 Å². The number of halogens is 1. The van der Waals surface area contributed by atoms with Crippen molar-refractivity contribution in [3.8, 4) is 0 Å². The van der Waals surface area contributed by atoms with Crippen molar-refractivity contribution >= 4 is 17.6 Å². The molecule has 0 radical (unpaired) electrons. The van der Waals surface area contributed by atoms with Crippen LogP contribution in [0, 0.1) is 0 Å². The molecule has 0 rings (SSSR count). The third kappa shape index (κ3) is 6.74. The van der Waals surface area contributed by atoms with E-state index < -0.39 is 17.5 Å². The molecule has 0 aromatic heterocycles. The van der Waals surface area contributed by atoms with Gasteiger partial charge in [-0.05, 0) is 6.42 Å². The van der Waals surface area contributed by atoms with Gasteiger partial charge in [-0.2, -0.15) is 0 Å². The Morgan fingerprint density at radius 2 is 1.93 bits per heavy atom. The number of esters is 1. The first-order valence-electron chi connectivity index (χ1n) is 5.53. The SMILES string of the molecule is CCCCCCC[C@@H](O)C(Cl)C(=O)OC. The highest BCUT2D eigenvalue weighted by atomic mass is 35.5. The maximum Gasteiger partial charge on any atom is 0.326 e. The molecule has 4 heteroatoms. The lowest BCUT2D eigenvalue weighted by atomic mass is 10.1. The summed E-state index contributed by atoms with van der Waals surface area (Å²) < 4.78 is 4.45. The Balaban J connectivity index is 3.55. The van der Waals surface area contributed by atoms with Crippen LogP contribution in [0.3, 0.4) is 0 Å². The number of aliphatic hydroxyl groups is 1. The molecule has 1 N–H and O–H groups in total. The van der Waals surface area contributed by atoms with Crippen LogP contribution in [0.2, 0.25) is 0 Å². The summed E-state index contributed by atoms with van der Waals surface area (Å²) in [6, 6.07) is 0. The van der Waals surface area contributed by atoms with Gasteiger partial charge in [-0.15, -0.1) is 11.6 Å². The molecule has 15 heavy (non-hydrogen) atoms. The molecule has 0 aromatic rings. The summed E-state index contributed by atoms with van der Waals surface area (Å²) >= 11 is 5.70. The number of hydrogen-bond donors (Lipinski definition) is 1. The predicted octanol–water partition coefficient (Wildman–Crippen LogP) is 2.49. The summed E-state index contributed by atoms with van der Waals surface area (Å²) in [6.07, 6.45) is 5.35. The number of aliphatic hydroxyl groups excluding tert-OH is 1. The standard InChI is InChI=1S/C11H21ClO3/c1-3-4-5-6-7-8-9(13)10(12)11(14)15-2/h9-10,13H,3-8H2,1-2H3/t9-,10?/m1/s1. The average Bonchev–Trinajstić information content (AvgIpc) is 2.26. The summed E-state index contributed by atoms with van der Waals surface area (Å²) in [5.74, 6) is -0.558. The molecule has 0 amide bonds. The number of unbranched alkanes of at least 4 members (excludes halogenated alkanes) is 4. The van der Waals surface area contributed by atoms with E-state index in [4.69, 9.17) is 11.6 Å². The fraction of sp³-hybridized carbons (Fsp3) is 0.909. The second kappa shape index (κ2) is 8.98. The molecule has 2 atom stereocenters. The van der Waals surface area contributed by atoms with Crippen molar-refractivity contribution in [3.05, 3.63) is 0 Å². The van der Waals surface area contributed by atoms with Gasteiger partial charge in [-0.3, -0.25) is 4.79 Å². The first kappa shape index (κ1) is 14.7. The fourth-order valence-electron chi connectivity index (χ4n) is 1.37. The van der Waals surface area contributed by atoms with Crippen LogP contribution >= 0.6 is 11.6 Å². The molecule has 0 fully saturated rings. The van der Waals surface area contributed by atoms with Crippen LogP contribution in [0.1, 0.15) is 45.4 Å². The number of alkyl halides is 1. The summed E-state index contributed by atoms with van der Waals surface area (Å²) in [4.78, 5) is 11.0. The molecule has 1 unspecified atom stereocenters. The minimum Gasteiger partial charge on any atom is -0.468 e.